The molecule has 0 aliphatic heterocycles. The van der Waals surface area contributed by atoms with Gasteiger partial charge in [-0.15, -0.1) is 0 Å². The van der Waals surface area contributed by atoms with E-state index in [4.69, 9.17) is 9.84 Å². The number of carboxylic acid groups (broad SMARTS) is 1. The third-order valence-corrected chi connectivity index (χ3v) is 2.56. The average molecular weight is 276 g/mol. The molecule has 0 aromatic heterocycles. The first-order chi connectivity index (χ1) is 8.71. The van der Waals surface area contributed by atoms with Gasteiger partial charge in [-0.05, 0) is 23.6 Å². The second-order valence-corrected chi connectivity index (χ2v) is 4.51. The van der Waals surface area contributed by atoms with E-state index in [1.807, 2.05) is 0 Å². The molecule has 19 heavy (non-hydrogen) atoms. The van der Waals surface area contributed by atoms with Gasteiger partial charge in [-0.1, -0.05) is 26.0 Å². The van der Waals surface area contributed by atoms with Crippen molar-refractivity contribution in [3.05, 3.63) is 35.4 Å². The Labute approximate surface area is 109 Å². The van der Waals surface area contributed by atoms with E-state index in [-0.39, 0.29) is 12.5 Å². The molecule has 0 unspecified atom stereocenters. The molecule has 0 amide bonds. The van der Waals surface area contributed by atoms with E-state index < -0.39 is 23.8 Å². The van der Waals surface area contributed by atoms with Gasteiger partial charge in [0.1, 0.15) is 0 Å². The molecule has 1 rings (SSSR count). The van der Waals surface area contributed by atoms with Crippen LogP contribution in [0.25, 0.3) is 0 Å². The van der Waals surface area contributed by atoms with Crippen LogP contribution in [0.3, 0.4) is 0 Å². The van der Waals surface area contributed by atoms with E-state index in [1.54, 1.807) is 13.8 Å². The zero-order valence-electron chi connectivity index (χ0n) is 10.6. The van der Waals surface area contributed by atoms with E-state index in [0.717, 1.165) is 12.1 Å². The van der Waals surface area contributed by atoms with Crippen molar-refractivity contribution in [3.63, 3.8) is 0 Å². The van der Waals surface area contributed by atoms with Gasteiger partial charge in [-0.25, -0.2) is 4.79 Å². The molecule has 0 heterocycles. The van der Waals surface area contributed by atoms with Crippen molar-refractivity contribution in [2.45, 2.75) is 32.7 Å². The highest BCUT2D eigenvalue weighted by atomic mass is 19.4. The molecule has 0 spiro atoms. The molecule has 0 saturated heterocycles. The number of aliphatic carboxylic acids is 1. The van der Waals surface area contributed by atoms with E-state index in [1.165, 1.54) is 12.1 Å². The molecule has 3 nitrogen and oxygen atoms in total. The standard InChI is InChI=1S/C13H15F3O3/c1-8(2)11(12(17)18)19-7-9-3-5-10(6-4-9)13(14,15)16/h3-6,8,11H,7H2,1-2H3,(H,17,18)/t11-/m1/s1. The number of carboxylic acids is 1. The van der Waals surface area contributed by atoms with Crippen molar-refractivity contribution in [2.24, 2.45) is 5.92 Å². The molecule has 1 aromatic carbocycles. The van der Waals surface area contributed by atoms with Crippen LogP contribution in [0, 0.1) is 5.92 Å². The van der Waals surface area contributed by atoms with Crippen LogP contribution in [-0.2, 0) is 22.3 Å². The van der Waals surface area contributed by atoms with Gasteiger partial charge in [0.15, 0.2) is 6.10 Å². The Morgan fingerprint density at radius 3 is 2.16 bits per heavy atom. The summed E-state index contributed by atoms with van der Waals surface area (Å²) in [5.41, 5.74) is -0.241. The zero-order chi connectivity index (χ0) is 14.6. The summed E-state index contributed by atoms with van der Waals surface area (Å²) < 4.78 is 42.2. The number of ether oxygens (including phenoxy) is 1. The fourth-order valence-corrected chi connectivity index (χ4v) is 1.52. The van der Waals surface area contributed by atoms with E-state index in [9.17, 15) is 18.0 Å². The van der Waals surface area contributed by atoms with Crippen molar-refractivity contribution in [3.8, 4) is 0 Å². The molecule has 1 atom stereocenters. The number of halogens is 3. The third-order valence-electron chi connectivity index (χ3n) is 2.56. The summed E-state index contributed by atoms with van der Waals surface area (Å²) in [6, 6.07) is 4.46. The topological polar surface area (TPSA) is 46.5 Å². The van der Waals surface area contributed by atoms with Gasteiger partial charge in [0, 0.05) is 0 Å². The molecular formula is C13H15F3O3. The molecular weight excluding hydrogens is 261 g/mol. The van der Waals surface area contributed by atoms with Gasteiger partial charge in [-0.2, -0.15) is 13.2 Å². The number of hydrogen-bond acceptors (Lipinski definition) is 2. The maximum atomic E-state index is 12.3. The van der Waals surface area contributed by atoms with Gasteiger partial charge in [0.2, 0.25) is 0 Å². The molecule has 6 heteroatoms. The first kappa shape index (κ1) is 15.5. The Morgan fingerprint density at radius 2 is 1.79 bits per heavy atom. The van der Waals surface area contributed by atoms with Crippen molar-refractivity contribution in [1.82, 2.24) is 0 Å². The van der Waals surface area contributed by atoms with E-state index in [0.29, 0.717) is 5.56 Å². The van der Waals surface area contributed by atoms with Crippen LogP contribution in [0.2, 0.25) is 0 Å². The summed E-state index contributed by atoms with van der Waals surface area (Å²) in [5, 5.41) is 8.90. The van der Waals surface area contributed by atoms with Crippen molar-refractivity contribution in [1.29, 1.82) is 0 Å². The quantitative estimate of drug-likeness (QED) is 0.897. The summed E-state index contributed by atoms with van der Waals surface area (Å²) >= 11 is 0. The SMILES string of the molecule is CC(C)[C@@H](OCc1ccc(C(F)(F)F)cc1)C(=O)O. The van der Waals surface area contributed by atoms with Crippen LogP contribution in [0.15, 0.2) is 24.3 Å². The lowest BCUT2D eigenvalue weighted by Gasteiger charge is -2.17. The van der Waals surface area contributed by atoms with Gasteiger partial charge in [0.25, 0.3) is 0 Å². The first-order valence-corrected chi connectivity index (χ1v) is 5.72. The van der Waals surface area contributed by atoms with Crippen LogP contribution in [0.5, 0.6) is 0 Å². The summed E-state index contributed by atoms with van der Waals surface area (Å²) in [7, 11) is 0. The predicted octanol–water partition coefficient (Wildman–Crippen LogP) is 3.33. The number of rotatable bonds is 5. The molecule has 1 N–H and O–H groups in total. The lowest BCUT2D eigenvalue weighted by molar-refractivity contribution is -0.154. The fraction of sp³-hybridized carbons (Fsp3) is 0.462. The molecule has 0 bridgehead atoms. The van der Waals surface area contributed by atoms with Gasteiger partial charge < -0.3 is 9.84 Å². The minimum atomic E-state index is -4.37. The second-order valence-electron chi connectivity index (χ2n) is 4.51. The second kappa shape index (κ2) is 6.06. The number of benzene rings is 1. The van der Waals surface area contributed by atoms with Crippen LogP contribution < -0.4 is 0 Å². The van der Waals surface area contributed by atoms with Crippen molar-refractivity contribution < 1.29 is 27.8 Å². The summed E-state index contributed by atoms with van der Waals surface area (Å²) in [6.45, 7) is 3.37. The van der Waals surface area contributed by atoms with Gasteiger partial charge >= 0.3 is 12.1 Å². The zero-order valence-corrected chi connectivity index (χ0v) is 10.6. The Hall–Kier alpha value is -1.56. The largest absolute Gasteiger partial charge is 0.479 e. The molecule has 106 valence electrons. The van der Waals surface area contributed by atoms with Gasteiger partial charge in [0.05, 0.1) is 12.2 Å². The van der Waals surface area contributed by atoms with Crippen LogP contribution >= 0.6 is 0 Å². The van der Waals surface area contributed by atoms with E-state index >= 15 is 0 Å². The van der Waals surface area contributed by atoms with Gasteiger partial charge in [-0.3, -0.25) is 0 Å². The molecule has 0 radical (unpaired) electrons. The maximum absolute atomic E-state index is 12.3. The number of alkyl halides is 3. The minimum Gasteiger partial charge on any atom is -0.479 e. The van der Waals surface area contributed by atoms with Crippen molar-refractivity contribution >= 4 is 5.97 Å². The molecule has 0 saturated carbocycles. The highest BCUT2D eigenvalue weighted by molar-refractivity contribution is 5.72. The first-order valence-electron chi connectivity index (χ1n) is 5.72. The fourth-order valence-electron chi connectivity index (χ4n) is 1.52. The smallest absolute Gasteiger partial charge is 0.416 e. The average Bonchev–Trinajstić information content (AvgIpc) is 2.27. The van der Waals surface area contributed by atoms with Crippen LogP contribution in [0.1, 0.15) is 25.0 Å². The Morgan fingerprint density at radius 1 is 1.26 bits per heavy atom. The molecule has 0 aliphatic rings. The number of carbonyl (C=O) groups is 1. The highest BCUT2D eigenvalue weighted by Crippen LogP contribution is 2.29. The lowest BCUT2D eigenvalue weighted by atomic mass is 10.1. The monoisotopic (exact) mass is 276 g/mol. The molecule has 1 aromatic rings. The third kappa shape index (κ3) is 4.55. The predicted molar refractivity (Wildman–Crippen MR) is 62.5 cm³/mol. The lowest BCUT2D eigenvalue weighted by Crippen LogP contribution is -2.29. The molecule has 0 fully saturated rings. The van der Waals surface area contributed by atoms with Crippen LogP contribution in [-0.4, -0.2) is 17.2 Å². The summed E-state index contributed by atoms with van der Waals surface area (Å²) in [4.78, 5) is 10.9. The number of hydrogen-bond donors (Lipinski definition) is 1. The Balaban J connectivity index is 2.66. The van der Waals surface area contributed by atoms with E-state index in [2.05, 4.69) is 0 Å². The summed E-state index contributed by atoms with van der Waals surface area (Å²) in [5.74, 6) is -1.30. The maximum Gasteiger partial charge on any atom is 0.416 e. The highest BCUT2D eigenvalue weighted by Gasteiger charge is 2.30. The Bertz CT molecular complexity index is 424. The van der Waals surface area contributed by atoms with Crippen LogP contribution in [0.4, 0.5) is 13.2 Å². The normalized spacial score (nSPS) is 13.6. The molecule has 0 aliphatic carbocycles. The minimum absolute atomic E-state index is 0.0344. The summed E-state index contributed by atoms with van der Waals surface area (Å²) in [6.07, 6.45) is -5.34. The Kier molecular flexibility index (Phi) is 4.94. The van der Waals surface area contributed by atoms with Crippen molar-refractivity contribution in [2.75, 3.05) is 0 Å².